The fourth-order valence-corrected chi connectivity index (χ4v) is 2.97. The van der Waals surface area contributed by atoms with Gasteiger partial charge >= 0.3 is 0 Å². The normalized spacial score (nSPS) is 17.1. The number of hydrogen-bond donors (Lipinski definition) is 2. The molecule has 5 heteroatoms. The molecule has 0 saturated carbocycles. The molecule has 0 radical (unpaired) electrons. The minimum atomic E-state index is 0.0134. The monoisotopic (exact) mass is 294 g/mol. The van der Waals surface area contributed by atoms with E-state index in [1.807, 2.05) is 18.2 Å². The zero-order valence-electron chi connectivity index (χ0n) is 12.2. The highest BCUT2D eigenvalue weighted by Gasteiger charge is 2.18. The van der Waals surface area contributed by atoms with E-state index in [2.05, 4.69) is 23.9 Å². The van der Waals surface area contributed by atoms with Crippen LogP contribution in [0.4, 0.5) is 5.69 Å². The van der Waals surface area contributed by atoms with E-state index in [1.165, 1.54) is 25.9 Å². The van der Waals surface area contributed by atoms with Gasteiger partial charge in [0.25, 0.3) is 0 Å². The lowest BCUT2D eigenvalue weighted by Crippen LogP contribution is -2.35. The van der Waals surface area contributed by atoms with E-state index in [0.717, 1.165) is 18.2 Å². The van der Waals surface area contributed by atoms with Crippen LogP contribution in [0.25, 0.3) is 0 Å². The van der Waals surface area contributed by atoms with E-state index in [-0.39, 0.29) is 5.84 Å². The quantitative estimate of drug-likeness (QED) is 0.662. The lowest BCUT2D eigenvalue weighted by atomic mass is 9.96. The van der Waals surface area contributed by atoms with E-state index >= 15 is 0 Å². The van der Waals surface area contributed by atoms with Gasteiger partial charge < -0.3 is 15.5 Å². The predicted molar refractivity (Wildman–Crippen MR) is 86.0 cm³/mol. The van der Waals surface area contributed by atoms with Gasteiger partial charge in [-0.15, -0.1) is 0 Å². The highest BCUT2D eigenvalue weighted by atomic mass is 35.5. The molecule has 3 N–H and O–H groups in total. The Morgan fingerprint density at radius 2 is 2.10 bits per heavy atom. The highest BCUT2D eigenvalue weighted by molar-refractivity contribution is 6.34. The molecule has 0 aromatic heterocycles. The zero-order chi connectivity index (χ0) is 14.7. The van der Waals surface area contributed by atoms with E-state index in [0.29, 0.717) is 10.6 Å². The lowest BCUT2D eigenvalue weighted by molar-refractivity contribution is 0.222. The summed E-state index contributed by atoms with van der Waals surface area (Å²) in [5.41, 5.74) is 7.17. The van der Waals surface area contributed by atoms with Gasteiger partial charge in [-0.2, -0.15) is 0 Å². The third-order valence-corrected chi connectivity index (χ3v) is 4.37. The molecule has 0 bridgehead atoms. The Morgan fingerprint density at radius 1 is 1.45 bits per heavy atom. The van der Waals surface area contributed by atoms with Crippen molar-refractivity contribution in [1.82, 2.24) is 4.90 Å². The topological polar surface area (TPSA) is 56.4 Å². The molecule has 110 valence electrons. The molecule has 0 atom stereocenters. The molecule has 1 heterocycles. The number of likely N-dealkylation sites (tertiary alicyclic amines) is 1. The third kappa shape index (κ3) is 3.64. The minimum absolute atomic E-state index is 0.0134. The number of anilines is 1. The molecule has 1 aliphatic rings. The summed E-state index contributed by atoms with van der Waals surface area (Å²) in [4.78, 5) is 4.63. The van der Waals surface area contributed by atoms with Gasteiger partial charge in [-0.1, -0.05) is 11.6 Å². The summed E-state index contributed by atoms with van der Waals surface area (Å²) in [5.74, 6) is 0.752. The van der Waals surface area contributed by atoms with Crippen LogP contribution >= 0.6 is 11.6 Å². The van der Waals surface area contributed by atoms with Crippen molar-refractivity contribution >= 4 is 23.1 Å². The highest BCUT2D eigenvalue weighted by Crippen LogP contribution is 2.25. The fraction of sp³-hybridized carbons (Fsp3) is 0.533. The second kappa shape index (κ2) is 6.46. The van der Waals surface area contributed by atoms with E-state index in [9.17, 15) is 0 Å². The van der Waals surface area contributed by atoms with Gasteiger partial charge in [-0.25, -0.2) is 0 Å². The van der Waals surface area contributed by atoms with Crippen molar-refractivity contribution in [3.8, 4) is 0 Å². The van der Waals surface area contributed by atoms with E-state index in [4.69, 9.17) is 22.7 Å². The van der Waals surface area contributed by atoms with Crippen LogP contribution in [0.3, 0.4) is 0 Å². The number of nitrogen functional groups attached to an aromatic ring is 1. The second-order valence-electron chi connectivity index (χ2n) is 5.70. The van der Waals surface area contributed by atoms with E-state index in [1.54, 1.807) is 0 Å². The molecule has 1 fully saturated rings. The Morgan fingerprint density at radius 3 is 2.65 bits per heavy atom. The zero-order valence-corrected chi connectivity index (χ0v) is 13.0. The fourth-order valence-electron chi connectivity index (χ4n) is 2.70. The number of hydrogen-bond acceptors (Lipinski definition) is 3. The van der Waals surface area contributed by atoms with Crippen molar-refractivity contribution in [3.63, 3.8) is 0 Å². The first-order valence-electron chi connectivity index (χ1n) is 7.01. The van der Waals surface area contributed by atoms with Crippen molar-refractivity contribution < 1.29 is 0 Å². The number of nitrogens with one attached hydrogen (secondary N) is 1. The van der Waals surface area contributed by atoms with Gasteiger partial charge in [0.05, 0.1) is 5.02 Å². The molecule has 4 nitrogen and oxygen atoms in total. The molecule has 0 spiro atoms. The van der Waals surface area contributed by atoms with Gasteiger partial charge in [0.2, 0.25) is 0 Å². The van der Waals surface area contributed by atoms with Crippen molar-refractivity contribution in [2.45, 2.75) is 12.8 Å². The standard InChI is InChI=1S/C15H23ClN4/c1-19-7-5-11(6-8-19)10-20(2)12-3-4-13(15(17)18)14(16)9-12/h3-4,9,11H,5-8,10H2,1-2H3,(H3,17,18). The smallest absolute Gasteiger partial charge is 0.124 e. The molecule has 20 heavy (non-hydrogen) atoms. The number of amidine groups is 1. The van der Waals surface area contributed by atoms with Crippen LogP contribution in [0.1, 0.15) is 18.4 Å². The Hall–Kier alpha value is -1.26. The number of benzene rings is 1. The molecule has 1 aromatic carbocycles. The van der Waals surface area contributed by atoms with Gasteiger partial charge in [0, 0.05) is 24.8 Å². The van der Waals surface area contributed by atoms with Crippen LogP contribution < -0.4 is 10.6 Å². The van der Waals surface area contributed by atoms with Gasteiger partial charge in [0.15, 0.2) is 0 Å². The van der Waals surface area contributed by atoms with Crippen molar-refractivity contribution in [2.24, 2.45) is 11.7 Å². The minimum Gasteiger partial charge on any atom is -0.384 e. The summed E-state index contributed by atoms with van der Waals surface area (Å²) in [5, 5.41) is 8.00. The van der Waals surface area contributed by atoms with Crippen LogP contribution in [0.15, 0.2) is 18.2 Å². The van der Waals surface area contributed by atoms with Crippen LogP contribution in [0, 0.1) is 11.3 Å². The third-order valence-electron chi connectivity index (χ3n) is 4.05. The summed E-state index contributed by atoms with van der Waals surface area (Å²) in [6.07, 6.45) is 2.50. The van der Waals surface area contributed by atoms with Crippen LogP contribution in [-0.2, 0) is 0 Å². The summed E-state index contributed by atoms with van der Waals surface area (Å²) < 4.78 is 0. The average Bonchev–Trinajstić information content (AvgIpc) is 2.40. The molecule has 1 aliphatic heterocycles. The summed E-state index contributed by atoms with van der Waals surface area (Å²) in [6, 6.07) is 5.70. The average molecular weight is 295 g/mol. The SMILES string of the molecule is CN1CCC(CN(C)c2ccc(C(=N)N)c(Cl)c2)CC1. The van der Waals surface area contributed by atoms with Crippen LogP contribution in [0.2, 0.25) is 5.02 Å². The number of nitrogens with two attached hydrogens (primary N) is 1. The first kappa shape index (κ1) is 15.1. The number of rotatable bonds is 4. The summed E-state index contributed by atoms with van der Waals surface area (Å²) in [6.45, 7) is 3.41. The Balaban J connectivity index is 2.00. The molecule has 1 saturated heterocycles. The Kier molecular flexibility index (Phi) is 4.89. The molecular formula is C15H23ClN4. The van der Waals surface area contributed by atoms with E-state index < -0.39 is 0 Å². The predicted octanol–water partition coefficient (Wildman–Crippen LogP) is 2.40. The Labute approximate surface area is 126 Å². The maximum atomic E-state index is 7.45. The first-order chi connectivity index (χ1) is 9.47. The molecular weight excluding hydrogens is 272 g/mol. The molecule has 0 unspecified atom stereocenters. The molecule has 2 rings (SSSR count). The van der Waals surface area contributed by atoms with Gasteiger partial charge in [0.1, 0.15) is 5.84 Å². The first-order valence-corrected chi connectivity index (χ1v) is 7.39. The van der Waals surface area contributed by atoms with Gasteiger partial charge in [-0.3, -0.25) is 5.41 Å². The molecule has 0 aliphatic carbocycles. The van der Waals surface area contributed by atoms with Crippen molar-refractivity contribution in [3.05, 3.63) is 28.8 Å². The molecule has 0 amide bonds. The van der Waals surface area contributed by atoms with Crippen molar-refractivity contribution in [2.75, 3.05) is 38.6 Å². The summed E-state index contributed by atoms with van der Waals surface area (Å²) >= 11 is 6.18. The van der Waals surface area contributed by atoms with Crippen LogP contribution in [-0.4, -0.2) is 44.5 Å². The lowest BCUT2D eigenvalue weighted by Gasteiger charge is -2.32. The number of halogens is 1. The second-order valence-corrected chi connectivity index (χ2v) is 6.11. The number of piperidine rings is 1. The molecule has 1 aromatic rings. The maximum absolute atomic E-state index is 7.45. The van der Waals surface area contributed by atoms with Crippen LogP contribution in [0.5, 0.6) is 0 Å². The Bertz CT molecular complexity index is 481. The maximum Gasteiger partial charge on any atom is 0.124 e. The summed E-state index contributed by atoms with van der Waals surface area (Å²) in [7, 11) is 4.28. The van der Waals surface area contributed by atoms with Crippen molar-refractivity contribution in [1.29, 1.82) is 5.41 Å². The number of nitrogens with zero attached hydrogens (tertiary/aromatic N) is 2. The largest absolute Gasteiger partial charge is 0.384 e. The van der Waals surface area contributed by atoms with Gasteiger partial charge in [-0.05, 0) is 57.1 Å².